The van der Waals surface area contributed by atoms with Crippen LogP contribution in [0.1, 0.15) is 50.3 Å². The Morgan fingerprint density at radius 2 is 1.81 bits per heavy atom. The standard InChI is InChI=1S/C29H27BClF3N8/c1-26(2,3)16-38-25-18(13-36)14-37-24-17(12-35)10-19(11-20(24)25)39-28(30,21-6-4-5-7-22(21)31)23-15-42(41-40-23)27(8-9-27)29(32,33)34/h4-7,10-11,14-15,39-41H,8-9,16H2,1-3H3,(H,37,38). The fourth-order valence-electron chi connectivity index (χ4n) is 4.90. The molecule has 2 radical (unpaired) electrons. The lowest BCUT2D eigenvalue weighted by molar-refractivity contribution is -0.195. The number of nitrogens with zero attached hydrogens (tertiary/aromatic N) is 4. The monoisotopic (exact) mass is 590 g/mol. The Labute approximate surface area is 247 Å². The number of anilines is 2. The predicted molar refractivity (Wildman–Crippen MR) is 156 cm³/mol. The van der Waals surface area contributed by atoms with Crippen molar-refractivity contribution in [2.24, 2.45) is 5.41 Å². The van der Waals surface area contributed by atoms with Crippen LogP contribution in [0.5, 0.6) is 0 Å². The molecule has 0 bridgehead atoms. The van der Waals surface area contributed by atoms with Crippen molar-refractivity contribution in [3.8, 4) is 12.1 Å². The molecule has 13 heteroatoms. The van der Waals surface area contributed by atoms with Crippen molar-refractivity contribution in [3.05, 3.63) is 76.2 Å². The lowest BCUT2D eigenvalue weighted by Crippen LogP contribution is -2.53. The summed E-state index contributed by atoms with van der Waals surface area (Å²) >= 11 is 6.57. The molecule has 0 spiro atoms. The number of hydrazine groups is 2. The highest BCUT2D eigenvalue weighted by molar-refractivity contribution is 6.33. The highest BCUT2D eigenvalue weighted by Gasteiger charge is 2.67. The number of hydrogen-bond donors (Lipinski definition) is 4. The number of alkyl halides is 3. The maximum absolute atomic E-state index is 13.9. The summed E-state index contributed by atoms with van der Waals surface area (Å²) in [5, 5.41) is 28.1. The van der Waals surface area contributed by atoms with Crippen LogP contribution in [0, 0.1) is 28.1 Å². The van der Waals surface area contributed by atoms with Crippen LogP contribution in [0.15, 0.2) is 54.5 Å². The smallest absolute Gasteiger partial charge is 0.383 e. The van der Waals surface area contributed by atoms with Gasteiger partial charge in [0.1, 0.15) is 20.0 Å². The van der Waals surface area contributed by atoms with E-state index in [-0.39, 0.29) is 34.5 Å². The van der Waals surface area contributed by atoms with Crippen molar-refractivity contribution in [1.82, 2.24) is 21.0 Å². The molecule has 2 aromatic carbocycles. The van der Waals surface area contributed by atoms with E-state index in [2.05, 4.69) is 38.7 Å². The van der Waals surface area contributed by atoms with E-state index in [0.717, 1.165) is 5.01 Å². The minimum absolute atomic E-state index is 0.0686. The van der Waals surface area contributed by atoms with Crippen molar-refractivity contribution in [2.75, 3.05) is 17.2 Å². The number of aromatic nitrogens is 1. The molecular formula is C29H27BClF3N8. The van der Waals surface area contributed by atoms with E-state index < -0.39 is 17.2 Å². The van der Waals surface area contributed by atoms with Gasteiger partial charge in [0.05, 0.1) is 33.5 Å². The molecule has 0 saturated heterocycles. The van der Waals surface area contributed by atoms with Gasteiger partial charge in [-0.25, -0.2) is 0 Å². The second-order valence-corrected chi connectivity index (χ2v) is 12.1. The fourth-order valence-corrected chi connectivity index (χ4v) is 5.19. The number of pyridine rings is 1. The molecule has 0 amide bonds. The zero-order valence-corrected chi connectivity index (χ0v) is 23.9. The number of nitriles is 2. The molecule has 8 nitrogen and oxygen atoms in total. The SMILES string of the molecule is [B]C(Nc1cc(C#N)c2ncc(C#N)c(NCC(C)(C)C)c2c1)(C1=CN(C2(C(F)(F)F)CC2)NN1)c1ccccc1Cl. The van der Waals surface area contributed by atoms with Gasteiger partial charge in [-0.2, -0.15) is 23.7 Å². The molecule has 1 aliphatic heterocycles. The van der Waals surface area contributed by atoms with Crippen LogP contribution in [0.4, 0.5) is 24.5 Å². The molecule has 4 N–H and O–H groups in total. The summed E-state index contributed by atoms with van der Waals surface area (Å²) < 4.78 is 41.7. The van der Waals surface area contributed by atoms with Gasteiger partial charge in [-0.15, -0.1) is 5.53 Å². The molecule has 2 aliphatic rings. The Kier molecular flexibility index (Phi) is 7.20. The van der Waals surface area contributed by atoms with Crippen molar-refractivity contribution < 1.29 is 13.2 Å². The molecule has 2 heterocycles. The summed E-state index contributed by atoms with van der Waals surface area (Å²) in [5.41, 5.74) is 3.84. The number of fused-ring (bicyclic) bond motifs is 1. The first kappa shape index (κ1) is 29.4. The number of benzene rings is 2. The third-order valence-corrected chi connectivity index (χ3v) is 7.68. The summed E-state index contributed by atoms with van der Waals surface area (Å²) in [6.07, 6.45) is -1.90. The molecule has 214 valence electrons. The minimum atomic E-state index is -4.47. The molecule has 1 aliphatic carbocycles. The van der Waals surface area contributed by atoms with E-state index in [9.17, 15) is 23.7 Å². The number of nitrogens with one attached hydrogen (secondary N) is 4. The van der Waals surface area contributed by atoms with Gasteiger partial charge in [0.2, 0.25) is 0 Å². The quantitative estimate of drug-likeness (QED) is 0.256. The second-order valence-electron chi connectivity index (χ2n) is 11.7. The lowest BCUT2D eigenvalue weighted by Gasteiger charge is -2.35. The maximum Gasteiger partial charge on any atom is 0.413 e. The van der Waals surface area contributed by atoms with Crippen molar-refractivity contribution >= 4 is 41.7 Å². The molecule has 1 aromatic heterocycles. The highest BCUT2D eigenvalue weighted by atomic mass is 35.5. The van der Waals surface area contributed by atoms with Gasteiger partial charge in [-0.3, -0.25) is 9.99 Å². The van der Waals surface area contributed by atoms with Crippen molar-refractivity contribution in [3.63, 3.8) is 0 Å². The van der Waals surface area contributed by atoms with Crippen LogP contribution in [-0.4, -0.2) is 36.1 Å². The van der Waals surface area contributed by atoms with E-state index in [1.165, 1.54) is 12.4 Å². The average molecular weight is 591 g/mol. The molecule has 3 aromatic rings. The molecular weight excluding hydrogens is 564 g/mol. The van der Waals surface area contributed by atoms with Gasteiger partial charge in [-0.05, 0) is 42.0 Å². The Hall–Kier alpha value is -4.13. The Bertz CT molecular complexity index is 1670. The molecule has 1 fully saturated rings. The Morgan fingerprint density at radius 1 is 1.12 bits per heavy atom. The zero-order chi connectivity index (χ0) is 30.5. The first-order valence-electron chi connectivity index (χ1n) is 13.2. The summed E-state index contributed by atoms with van der Waals surface area (Å²) in [7, 11) is 7.00. The van der Waals surface area contributed by atoms with E-state index in [4.69, 9.17) is 19.4 Å². The van der Waals surface area contributed by atoms with E-state index in [0.29, 0.717) is 39.9 Å². The summed E-state index contributed by atoms with van der Waals surface area (Å²) in [4.78, 5) is 4.37. The van der Waals surface area contributed by atoms with Gasteiger partial charge in [-0.1, -0.05) is 50.6 Å². The van der Waals surface area contributed by atoms with Gasteiger partial charge in [0, 0.05) is 35.0 Å². The molecule has 5 rings (SSSR count). The first-order chi connectivity index (χ1) is 19.7. The van der Waals surface area contributed by atoms with Crippen LogP contribution in [0.3, 0.4) is 0 Å². The third kappa shape index (κ3) is 5.17. The van der Waals surface area contributed by atoms with Crippen molar-refractivity contribution in [2.45, 2.75) is 50.8 Å². The van der Waals surface area contributed by atoms with Gasteiger partial charge >= 0.3 is 6.18 Å². The van der Waals surface area contributed by atoms with E-state index >= 15 is 0 Å². The van der Waals surface area contributed by atoms with Crippen LogP contribution in [0.25, 0.3) is 10.9 Å². The highest BCUT2D eigenvalue weighted by Crippen LogP contribution is 2.54. The topological polar surface area (TPSA) is 112 Å². The second kappa shape index (κ2) is 10.3. The largest absolute Gasteiger partial charge is 0.413 e. The van der Waals surface area contributed by atoms with Crippen LogP contribution >= 0.6 is 11.6 Å². The summed E-state index contributed by atoms with van der Waals surface area (Å²) in [5.74, 6) is 0. The van der Waals surface area contributed by atoms with Crippen molar-refractivity contribution in [1.29, 1.82) is 10.5 Å². The van der Waals surface area contributed by atoms with Crippen LogP contribution < -0.4 is 21.6 Å². The third-order valence-electron chi connectivity index (χ3n) is 7.35. The van der Waals surface area contributed by atoms with Crippen LogP contribution in [-0.2, 0) is 5.44 Å². The zero-order valence-electron chi connectivity index (χ0n) is 23.1. The predicted octanol–water partition coefficient (Wildman–Crippen LogP) is 5.78. The number of hydrogen-bond acceptors (Lipinski definition) is 8. The summed E-state index contributed by atoms with van der Waals surface area (Å²) in [6.45, 7) is 6.65. The minimum Gasteiger partial charge on any atom is -0.383 e. The fraction of sp³-hybridized carbons (Fsp3) is 0.345. The average Bonchev–Trinajstić information content (AvgIpc) is 3.60. The van der Waals surface area contributed by atoms with Gasteiger partial charge in [0.25, 0.3) is 0 Å². The number of halogens is 4. The van der Waals surface area contributed by atoms with Crippen LogP contribution in [0.2, 0.25) is 5.02 Å². The van der Waals surface area contributed by atoms with Gasteiger partial charge < -0.3 is 16.1 Å². The van der Waals surface area contributed by atoms with Gasteiger partial charge in [0.15, 0.2) is 5.54 Å². The van der Waals surface area contributed by atoms with E-state index in [1.807, 2.05) is 20.8 Å². The maximum atomic E-state index is 13.9. The molecule has 1 unspecified atom stereocenters. The molecule has 42 heavy (non-hydrogen) atoms. The number of rotatable bonds is 7. The normalized spacial score (nSPS) is 17.5. The molecule has 1 saturated carbocycles. The van der Waals surface area contributed by atoms with E-state index in [1.54, 1.807) is 36.4 Å². The Balaban J connectivity index is 1.65. The first-order valence-corrected chi connectivity index (χ1v) is 13.5. The lowest BCUT2D eigenvalue weighted by atomic mass is 9.69. The Morgan fingerprint density at radius 3 is 2.40 bits per heavy atom. The molecule has 1 atom stereocenters. The summed E-state index contributed by atoms with van der Waals surface area (Å²) in [6, 6.07) is 14.3.